The third kappa shape index (κ3) is 3.84. The number of urea groups is 1. The van der Waals surface area contributed by atoms with E-state index in [9.17, 15) is 13.2 Å². The summed E-state index contributed by atoms with van der Waals surface area (Å²) in [7, 11) is -0.553. The van der Waals surface area contributed by atoms with Crippen molar-refractivity contribution in [3.63, 3.8) is 0 Å². The second-order valence-corrected chi connectivity index (χ2v) is 11.4. The van der Waals surface area contributed by atoms with Gasteiger partial charge in [0.1, 0.15) is 28.5 Å². The van der Waals surface area contributed by atoms with Gasteiger partial charge in [-0.3, -0.25) is 0 Å². The standard InChI is InChI=1S/C22H28FN7O3S/c1-13-11-29(7-8-30(13)21(31)28(3)4)20-18-14-9-15(23)17(34(32,33)27-22(2)5-6-22)10-16(14)26-19(18)24-12-25-20/h9-10,12-13,27H,5-8,11H2,1-4H3,(H,24,25,26)/t13-/m0/s1. The molecular weight excluding hydrogens is 461 g/mol. The van der Waals surface area contributed by atoms with E-state index in [2.05, 4.69) is 24.6 Å². The molecule has 0 unspecified atom stereocenters. The Hall–Kier alpha value is -2.99. The molecule has 1 aliphatic carbocycles. The van der Waals surface area contributed by atoms with Crippen LogP contribution in [0.2, 0.25) is 0 Å². The Morgan fingerprint density at radius 2 is 2.00 bits per heavy atom. The number of anilines is 1. The van der Waals surface area contributed by atoms with Gasteiger partial charge in [-0.15, -0.1) is 0 Å². The molecule has 0 spiro atoms. The second kappa shape index (κ2) is 7.77. The Morgan fingerprint density at radius 3 is 2.65 bits per heavy atom. The molecule has 2 fully saturated rings. The number of aromatic nitrogens is 3. The number of hydrogen-bond donors (Lipinski definition) is 2. The van der Waals surface area contributed by atoms with Crippen molar-refractivity contribution in [2.75, 3.05) is 38.6 Å². The van der Waals surface area contributed by atoms with E-state index in [0.717, 1.165) is 12.8 Å². The molecule has 2 aromatic heterocycles. The number of hydrogen-bond acceptors (Lipinski definition) is 6. The first-order chi connectivity index (χ1) is 16.0. The summed E-state index contributed by atoms with van der Waals surface area (Å²) in [6.07, 6.45) is 2.89. The minimum absolute atomic E-state index is 0.0449. The van der Waals surface area contributed by atoms with Crippen LogP contribution in [0.1, 0.15) is 26.7 Å². The summed E-state index contributed by atoms with van der Waals surface area (Å²) in [5.41, 5.74) is 0.455. The van der Waals surface area contributed by atoms with E-state index >= 15 is 4.39 Å². The van der Waals surface area contributed by atoms with Crippen molar-refractivity contribution in [1.29, 1.82) is 0 Å². The molecule has 3 aromatic rings. The third-order valence-corrected chi connectivity index (χ3v) is 8.30. The molecule has 5 rings (SSSR count). The summed E-state index contributed by atoms with van der Waals surface area (Å²) in [5.74, 6) is -0.201. The summed E-state index contributed by atoms with van der Waals surface area (Å²) >= 11 is 0. The molecule has 2 N–H and O–H groups in total. The van der Waals surface area contributed by atoms with Gasteiger partial charge in [-0.1, -0.05) is 0 Å². The van der Waals surface area contributed by atoms with Gasteiger partial charge in [0.25, 0.3) is 0 Å². The summed E-state index contributed by atoms with van der Waals surface area (Å²) in [6, 6.07) is 2.46. The highest BCUT2D eigenvalue weighted by molar-refractivity contribution is 7.89. The van der Waals surface area contributed by atoms with Crippen LogP contribution in [0, 0.1) is 5.82 Å². The van der Waals surface area contributed by atoms with E-state index in [4.69, 9.17) is 0 Å². The van der Waals surface area contributed by atoms with Crippen molar-refractivity contribution in [2.45, 2.75) is 43.2 Å². The number of benzene rings is 1. The van der Waals surface area contributed by atoms with Crippen LogP contribution in [-0.4, -0.2) is 84.5 Å². The average Bonchev–Trinajstić information content (AvgIpc) is 3.37. The molecule has 0 radical (unpaired) electrons. The molecule has 3 heterocycles. The van der Waals surface area contributed by atoms with Crippen LogP contribution < -0.4 is 9.62 Å². The number of nitrogens with one attached hydrogen (secondary N) is 2. The number of carbonyl (C=O) groups excluding carboxylic acids is 1. The molecule has 182 valence electrons. The van der Waals surface area contributed by atoms with E-state index in [0.29, 0.717) is 47.4 Å². The number of rotatable bonds is 4. The van der Waals surface area contributed by atoms with Crippen LogP contribution in [0.3, 0.4) is 0 Å². The Balaban J connectivity index is 1.53. The molecule has 1 aliphatic heterocycles. The predicted molar refractivity (Wildman–Crippen MR) is 127 cm³/mol. The zero-order valence-corrected chi connectivity index (χ0v) is 20.4. The predicted octanol–water partition coefficient (Wildman–Crippen LogP) is 2.27. The van der Waals surface area contributed by atoms with Crippen molar-refractivity contribution in [1.82, 2.24) is 29.5 Å². The summed E-state index contributed by atoms with van der Waals surface area (Å²) in [5, 5.41) is 1.14. The molecule has 10 nitrogen and oxygen atoms in total. The number of H-pyrrole nitrogens is 1. The van der Waals surface area contributed by atoms with Crippen LogP contribution in [0.4, 0.5) is 15.0 Å². The SMILES string of the molecule is C[C@H]1CN(c2ncnc3[nH]c4cc(S(=O)(=O)NC5(C)CC5)c(F)cc4c23)CCN1C(=O)N(C)C. The normalized spacial score (nSPS) is 20.2. The average molecular weight is 490 g/mol. The molecule has 0 bridgehead atoms. The van der Waals surface area contributed by atoms with Gasteiger partial charge in [-0.25, -0.2) is 32.3 Å². The number of carbonyl (C=O) groups is 1. The van der Waals surface area contributed by atoms with Gasteiger partial charge in [0, 0.05) is 56.2 Å². The van der Waals surface area contributed by atoms with Crippen molar-refractivity contribution in [3.05, 3.63) is 24.3 Å². The number of aromatic amines is 1. The van der Waals surface area contributed by atoms with Gasteiger partial charge in [-0.2, -0.15) is 0 Å². The molecule has 2 amide bonds. The number of piperazine rings is 1. The number of nitrogens with zero attached hydrogens (tertiary/aromatic N) is 5. The second-order valence-electron chi connectivity index (χ2n) is 9.71. The van der Waals surface area contributed by atoms with Gasteiger partial charge in [0.2, 0.25) is 10.0 Å². The fourth-order valence-corrected chi connectivity index (χ4v) is 6.07. The highest BCUT2D eigenvalue weighted by Gasteiger charge is 2.42. The first-order valence-corrected chi connectivity index (χ1v) is 12.7. The fourth-order valence-electron chi connectivity index (χ4n) is 4.52. The fraction of sp³-hybridized carbons (Fsp3) is 0.500. The Morgan fingerprint density at radius 1 is 1.26 bits per heavy atom. The molecule has 1 saturated carbocycles. The monoisotopic (exact) mass is 489 g/mol. The van der Waals surface area contributed by atoms with E-state index in [1.54, 1.807) is 25.9 Å². The Kier molecular flexibility index (Phi) is 5.21. The van der Waals surface area contributed by atoms with Gasteiger partial charge >= 0.3 is 6.03 Å². The van der Waals surface area contributed by atoms with Crippen LogP contribution in [0.5, 0.6) is 0 Å². The van der Waals surface area contributed by atoms with Gasteiger partial charge in [-0.05, 0) is 38.8 Å². The Labute approximate surface area is 197 Å². The van der Waals surface area contributed by atoms with Gasteiger partial charge in [0.15, 0.2) is 0 Å². The van der Waals surface area contributed by atoms with E-state index in [1.807, 2.05) is 11.8 Å². The van der Waals surface area contributed by atoms with E-state index in [1.165, 1.54) is 18.5 Å². The van der Waals surface area contributed by atoms with Gasteiger partial charge < -0.3 is 19.7 Å². The van der Waals surface area contributed by atoms with Crippen LogP contribution in [-0.2, 0) is 10.0 Å². The van der Waals surface area contributed by atoms with E-state index in [-0.39, 0.29) is 12.1 Å². The maximum absolute atomic E-state index is 15.1. The summed E-state index contributed by atoms with van der Waals surface area (Å²) in [6.45, 7) is 5.41. The van der Waals surface area contributed by atoms with Crippen LogP contribution in [0.15, 0.2) is 23.4 Å². The zero-order chi connectivity index (χ0) is 24.4. The third-order valence-electron chi connectivity index (χ3n) is 6.65. The van der Waals surface area contributed by atoms with Crippen molar-refractivity contribution >= 4 is 43.8 Å². The smallest absolute Gasteiger partial charge is 0.319 e. The van der Waals surface area contributed by atoms with Gasteiger partial charge in [0.05, 0.1) is 5.39 Å². The van der Waals surface area contributed by atoms with Crippen molar-refractivity contribution in [2.24, 2.45) is 0 Å². The number of fused-ring (bicyclic) bond motifs is 3. The van der Waals surface area contributed by atoms with Crippen molar-refractivity contribution < 1.29 is 17.6 Å². The lowest BCUT2D eigenvalue weighted by Gasteiger charge is -2.41. The highest BCUT2D eigenvalue weighted by Crippen LogP contribution is 2.38. The number of amides is 2. The topological polar surface area (TPSA) is 115 Å². The molecule has 1 saturated heterocycles. The lowest BCUT2D eigenvalue weighted by Crippen LogP contribution is -2.56. The largest absolute Gasteiger partial charge is 0.352 e. The minimum atomic E-state index is -4.01. The maximum atomic E-state index is 15.1. The molecule has 12 heteroatoms. The first kappa shape index (κ1) is 22.8. The molecule has 1 atom stereocenters. The van der Waals surface area contributed by atoms with Crippen LogP contribution >= 0.6 is 0 Å². The number of halogens is 1. The van der Waals surface area contributed by atoms with Crippen LogP contribution in [0.25, 0.3) is 21.9 Å². The summed E-state index contributed by atoms with van der Waals surface area (Å²) < 4.78 is 43.4. The molecule has 2 aliphatic rings. The molecule has 34 heavy (non-hydrogen) atoms. The quantitative estimate of drug-likeness (QED) is 0.581. The lowest BCUT2D eigenvalue weighted by atomic mass is 10.1. The zero-order valence-electron chi connectivity index (χ0n) is 19.6. The first-order valence-electron chi connectivity index (χ1n) is 11.2. The molecule has 1 aromatic carbocycles. The molecular formula is C22H28FN7O3S. The lowest BCUT2D eigenvalue weighted by molar-refractivity contribution is 0.146. The maximum Gasteiger partial charge on any atom is 0.319 e. The highest BCUT2D eigenvalue weighted by atomic mass is 32.2. The summed E-state index contributed by atoms with van der Waals surface area (Å²) in [4.78, 5) is 29.4. The van der Waals surface area contributed by atoms with E-state index < -0.39 is 26.3 Å². The van der Waals surface area contributed by atoms with Crippen molar-refractivity contribution in [3.8, 4) is 0 Å². The minimum Gasteiger partial charge on any atom is -0.352 e. The Bertz CT molecular complexity index is 1400. The number of sulfonamides is 1.